The Hall–Kier alpha value is -0.120. The fourth-order valence-corrected chi connectivity index (χ4v) is 0.947. The minimum atomic E-state index is 0.275. The molecule has 0 atom stereocenters. The Morgan fingerprint density at radius 3 is 2.54 bits per heavy atom. The van der Waals surface area contributed by atoms with Crippen LogP contribution in [0, 0.1) is 5.92 Å². The first-order chi connectivity index (χ1) is 6.27. The van der Waals surface area contributed by atoms with Gasteiger partial charge in [-0.05, 0) is 31.8 Å². The van der Waals surface area contributed by atoms with Crippen molar-refractivity contribution in [3.63, 3.8) is 0 Å². The van der Waals surface area contributed by atoms with Gasteiger partial charge in [-0.15, -0.1) is 0 Å². The molecule has 0 amide bonds. The Balaban J connectivity index is 2.84. The summed E-state index contributed by atoms with van der Waals surface area (Å²) in [4.78, 5) is 0. The van der Waals surface area contributed by atoms with Crippen LogP contribution in [-0.2, 0) is 4.74 Å². The van der Waals surface area contributed by atoms with Crippen LogP contribution in [-0.4, -0.2) is 38.0 Å². The predicted molar refractivity (Wildman–Crippen MR) is 54.8 cm³/mol. The van der Waals surface area contributed by atoms with Gasteiger partial charge in [0.15, 0.2) is 0 Å². The Morgan fingerprint density at radius 1 is 1.23 bits per heavy atom. The number of hydrogen-bond donors (Lipinski definition) is 2. The second-order valence-corrected chi connectivity index (χ2v) is 3.65. The largest absolute Gasteiger partial charge is 0.396 e. The molecule has 0 spiro atoms. The van der Waals surface area contributed by atoms with Crippen molar-refractivity contribution in [2.75, 3.05) is 32.9 Å². The molecular weight excluding hydrogens is 166 g/mol. The lowest BCUT2D eigenvalue weighted by atomic mass is 10.2. The Kier molecular flexibility index (Phi) is 9.87. The molecule has 0 fully saturated rings. The van der Waals surface area contributed by atoms with Crippen molar-refractivity contribution in [3.8, 4) is 0 Å². The van der Waals surface area contributed by atoms with Gasteiger partial charge in [0.25, 0.3) is 0 Å². The molecule has 0 heterocycles. The van der Waals surface area contributed by atoms with Gasteiger partial charge in [-0.25, -0.2) is 0 Å². The van der Waals surface area contributed by atoms with E-state index in [1.165, 1.54) is 0 Å². The molecular formula is C10H23NO2. The third-order valence-electron chi connectivity index (χ3n) is 1.61. The minimum Gasteiger partial charge on any atom is -0.396 e. The third kappa shape index (κ3) is 11.9. The number of ether oxygens (including phenoxy) is 1. The van der Waals surface area contributed by atoms with Gasteiger partial charge in [-0.3, -0.25) is 0 Å². The molecule has 13 heavy (non-hydrogen) atoms. The lowest BCUT2D eigenvalue weighted by Gasteiger charge is -2.07. The average molecular weight is 189 g/mol. The fraction of sp³-hybridized carbons (Fsp3) is 1.00. The third-order valence-corrected chi connectivity index (χ3v) is 1.61. The van der Waals surface area contributed by atoms with E-state index in [9.17, 15) is 0 Å². The van der Waals surface area contributed by atoms with Crippen molar-refractivity contribution in [2.45, 2.75) is 26.7 Å². The molecule has 0 bridgehead atoms. The summed E-state index contributed by atoms with van der Waals surface area (Å²) < 4.78 is 5.41. The summed E-state index contributed by atoms with van der Waals surface area (Å²) in [6.45, 7) is 8.16. The summed E-state index contributed by atoms with van der Waals surface area (Å²) in [7, 11) is 0. The van der Waals surface area contributed by atoms with E-state index >= 15 is 0 Å². The lowest BCUT2D eigenvalue weighted by molar-refractivity contribution is 0.108. The quantitative estimate of drug-likeness (QED) is 0.532. The molecule has 0 aliphatic carbocycles. The molecule has 0 saturated carbocycles. The van der Waals surface area contributed by atoms with Crippen molar-refractivity contribution in [3.05, 3.63) is 0 Å². The van der Waals surface area contributed by atoms with Gasteiger partial charge in [0.1, 0.15) is 0 Å². The maximum atomic E-state index is 8.50. The highest BCUT2D eigenvalue weighted by molar-refractivity contribution is 4.47. The number of aliphatic hydroxyl groups is 1. The molecule has 0 aromatic heterocycles. The van der Waals surface area contributed by atoms with Crippen LogP contribution in [0.4, 0.5) is 0 Å². The molecule has 0 aromatic carbocycles. The number of aliphatic hydroxyl groups excluding tert-OH is 1. The predicted octanol–water partition coefficient (Wildman–Crippen LogP) is 1.02. The van der Waals surface area contributed by atoms with E-state index in [2.05, 4.69) is 19.2 Å². The van der Waals surface area contributed by atoms with E-state index in [-0.39, 0.29) is 6.61 Å². The first kappa shape index (κ1) is 12.9. The molecule has 0 aliphatic rings. The Bertz CT molecular complexity index is 96.9. The van der Waals surface area contributed by atoms with Crippen molar-refractivity contribution in [2.24, 2.45) is 5.92 Å². The van der Waals surface area contributed by atoms with Crippen LogP contribution in [0.25, 0.3) is 0 Å². The van der Waals surface area contributed by atoms with Crippen LogP contribution in [0.5, 0.6) is 0 Å². The highest BCUT2D eigenvalue weighted by atomic mass is 16.5. The zero-order valence-electron chi connectivity index (χ0n) is 8.88. The van der Waals surface area contributed by atoms with Crippen molar-refractivity contribution < 1.29 is 9.84 Å². The van der Waals surface area contributed by atoms with Crippen LogP contribution in [0.15, 0.2) is 0 Å². The summed E-state index contributed by atoms with van der Waals surface area (Å²) in [6, 6.07) is 0. The summed E-state index contributed by atoms with van der Waals surface area (Å²) in [5.41, 5.74) is 0. The maximum Gasteiger partial charge on any atom is 0.0489 e. The lowest BCUT2D eigenvalue weighted by Crippen LogP contribution is -2.19. The number of hydrogen-bond acceptors (Lipinski definition) is 3. The molecule has 0 saturated heterocycles. The van der Waals surface area contributed by atoms with Gasteiger partial charge in [0, 0.05) is 19.8 Å². The second kappa shape index (κ2) is 9.96. The van der Waals surface area contributed by atoms with Crippen molar-refractivity contribution in [1.82, 2.24) is 5.32 Å². The molecule has 0 aliphatic heterocycles. The van der Waals surface area contributed by atoms with Gasteiger partial charge < -0.3 is 15.2 Å². The minimum absolute atomic E-state index is 0.275. The zero-order chi connectivity index (χ0) is 9.94. The van der Waals surface area contributed by atoms with Crippen molar-refractivity contribution in [1.29, 1.82) is 0 Å². The van der Waals surface area contributed by atoms with Gasteiger partial charge in [0.2, 0.25) is 0 Å². The molecule has 3 nitrogen and oxygen atoms in total. The summed E-state index contributed by atoms with van der Waals surface area (Å²) in [5, 5.41) is 11.7. The van der Waals surface area contributed by atoms with Crippen LogP contribution in [0.2, 0.25) is 0 Å². The van der Waals surface area contributed by atoms with E-state index in [4.69, 9.17) is 9.84 Å². The Morgan fingerprint density at radius 2 is 1.92 bits per heavy atom. The number of rotatable bonds is 9. The van der Waals surface area contributed by atoms with Crippen LogP contribution in [0.1, 0.15) is 26.7 Å². The summed E-state index contributed by atoms with van der Waals surface area (Å²) in [6.07, 6.45) is 1.89. The van der Waals surface area contributed by atoms with E-state index in [0.29, 0.717) is 5.92 Å². The van der Waals surface area contributed by atoms with Gasteiger partial charge in [-0.1, -0.05) is 13.8 Å². The van der Waals surface area contributed by atoms with Gasteiger partial charge in [0.05, 0.1) is 0 Å². The SMILES string of the molecule is CC(C)COCCCNCCCO. The first-order valence-corrected chi connectivity index (χ1v) is 5.16. The molecule has 0 unspecified atom stereocenters. The summed E-state index contributed by atoms with van der Waals surface area (Å²) >= 11 is 0. The summed E-state index contributed by atoms with van der Waals surface area (Å²) in [5.74, 6) is 0.627. The first-order valence-electron chi connectivity index (χ1n) is 5.16. The standard InChI is InChI=1S/C10H23NO2/c1-10(2)9-13-8-4-6-11-5-3-7-12/h10-12H,3-9H2,1-2H3. The molecule has 0 rings (SSSR count). The van der Waals surface area contributed by atoms with E-state index in [1.54, 1.807) is 0 Å². The normalized spacial score (nSPS) is 11.1. The maximum absolute atomic E-state index is 8.50. The van der Waals surface area contributed by atoms with Gasteiger partial charge in [-0.2, -0.15) is 0 Å². The molecule has 0 radical (unpaired) electrons. The van der Waals surface area contributed by atoms with E-state index in [0.717, 1.165) is 39.1 Å². The van der Waals surface area contributed by atoms with Gasteiger partial charge >= 0.3 is 0 Å². The van der Waals surface area contributed by atoms with E-state index in [1.807, 2.05) is 0 Å². The molecule has 0 aromatic rings. The van der Waals surface area contributed by atoms with Crippen LogP contribution >= 0.6 is 0 Å². The zero-order valence-corrected chi connectivity index (χ0v) is 8.88. The average Bonchev–Trinajstić information content (AvgIpc) is 2.09. The number of nitrogens with one attached hydrogen (secondary N) is 1. The van der Waals surface area contributed by atoms with E-state index < -0.39 is 0 Å². The molecule has 2 N–H and O–H groups in total. The highest BCUT2D eigenvalue weighted by Gasteiger charge is 1.93. The second-order valence-electron chi connectivity index (χ2n) is 3.65. The van der Waals surface area contributed by atoms with Crippen LogP contribution < -0.4 is 5.32 Å². The smallest absolute Gasteiger partial charge is 0.0489 e. The molecule has 3 heteroatoms. The monoisotopic (exact) mass is 189 g/mol. The molecule has 80 valence electrons. The van der Waals surface area contributed by atoms with Crippen LogP contribution in [0.3, 0.4) is 0 Å². The Labute approximate surface area is 81.5 Å². The highest BCUT2D eigenvalue weighted by Crippen LogP contribution is 1.92. The topological polar surface area (TPSA) is 41.5 Å². The fourth-order valence-electron chi connectivity index (χ4n) is 0.947. The van der Waals surface area contributed by atoms with Crippen molar-refractivity contribution >= 4 is 0 Å².